The molecular formula is C10H15FO. The van der Waals surface area contributed by atoms with Gasteiger partial charge >= 0.3 is 0 Å². The van der Waals surface area contributed by atoms with Crippen molar-refractivity contribution in [1.29, 1.82) is 0 Å². The zero-order valence-corrected chi connectivity index (χ0v) is 7.70. The van der Waals surface area contributed by atoms with Crippen molar-refractivity contribution in [2.24, 2.45) is 0 Å². The molecule has 0 N–H and O–H groups in total. The van der Waals surface area contributed by atoms with E-state index in [4.69, 9.17) is 4.74 Å². The van der Waals surface area contributed by atoms with E-state index in [2.05, 4.69) is 26.0 Å². The molecule has 1 aromatic rings. The van der Waals surface area contributed by atoms with Crippen LogP contribution in [-0.2, 0) is 0 Å². The van der Waals surface area contributed by atoms with Gasteiger partial charge in [-0.1, -0.05) is 26.0 Å². The van der Waals surface area contributed by atoms with E-state index < -0.39 is 0 Å². The van der Waals surface area contributed by atoms with Crippen LogP contribution in [0.15, 0.2) is 24.3 Å². The number of rotatable bonds is 2. The number of hydrogen-bond donors (Lipinski definition) is 0. The summed E-state index contributed by atoms with van der Waals surface area (Å²) in [7, 11) is 1.69. The van der Waals surface area contributed by atoms with Gasteiger partial charge in [0.25, 0.3) is 0 Å². The predicted molar refractivity (Wildman–Crippen MR) is 49.6 cm³/mol. The molecule has 0 fully saturated rings. The summed E-state index contributed by atoms with van der Waals surface area (Å²) in [6.45, 7) is 4.35. The van der Waals surface area contributed by atoms with Gasteiger partial charge in [0.1, 0.15) is 5.75 Å². The Morgan fingerprint density at radius 1 is 1.25 bits per heavy atom. The van der Waals surface area contributed by atoms with Crippen LogP contribution in [-0.4, -0.2) is 7.11 Å². The molecule has 0 atom stereocenters. The zero-order valence-electron chi connectivity index (χ0n) is 7.70. The zero-order chi connectivity index (χ0) is 8.27. The van der Waals surface area contributed by atoms with Gasteiger partial charge in [-0.2, -0.15) is 0 Å². The first-order valence-corrected chi connectivity index (χ1v) is 3.88. The molecular weight excluding hydrogens is 155 g/mol. The molecule has 2 heteroatoms. The van der Waals surface area contributed by atoms with Gasteiger partial charge in [0.15, 0.2) is 0 Å². The van der Waals surface area contributed by atoms with E-state index in [-0.39, 0.29) is 4.70 Å². The highest BCUT2D eigenvalue weighted by molar-refractivity contribution is 5.29. The summed E-state index contributed by atoms with van der Waals surface area (Å²) in [5.74, 6) is 1.52. The van der Waals surface area contributed by atoms with Crippen molar-refractivity contribution < 1.29 is 9.44 Å². The molecule has 0 amide bonds. The van der Waals surface area contributed by atoms with E-state index in [9.17, 15) is 0 Å². The quantitative estimate of drug-likeness (QED) is 0.663. The van der Waals surface area contributed by atoms with Crippen LogP contribution in [0.1, 0.15) is 25.3 Å². The van der Waals surface area contributed by atoms with E-state index >= 15 is 0 Å². The molecule has 1 rings (SSSR count). The number of methoxy groups -OCH3 is 1. The fraction of sp³-hybridized carbons (Fsp3) is 0.400. The highest BCUT2D eigenvalue weighted by atomic mass is 19.0. The number of ether oxygens (including phenoxy) is 1. The van der Waals surface area contributed by atoms with Gasteiger partial charge in [0.2, 0.25) is 0 Å². The van der Waals surface area contributed by atoms with Crippen LogP contribution in [0, 0.1) is 0 Å². The van der Waals surface area contributed by atoms with Crippen molar-refractivity contribution in [3.8, 4) is 5.75 Å². The van der Waals surface area contributed by atoms with Crippen LogP contribution < -0.4 is 4.74 Å². The Hall–Kier alpha value is -1.05. The average molecular weight is 170 g/mol. The molecule has 0 saturated heterocycles. The van der Waals surface area contributed by atoms with E-state index in [1.807, 2.05) is 12.1 Å². The van der Waals surface area contributed by atoms with Gasteiger partial charge in [-0.3, -0.25) is 4.70 Å². The molecule has 0 saturated carbocycles. The summed E-state index contributed by atoms with van der Waals surface area (Å²) in [4.78, 5) is 0. The minimum Gasteiger partial charge on any atom is -0.497 e. The van der Waals surface area contributed by atoms with Crippen LogP contribution in [0.2, 0.25) is 0 Å². The molecule has 68 valence electrons. The van der Waals surface area contributed by atoms with Crippen molar-refractivity contribution in [2.75, 3.05) is 7.11 Å². The van der Waals surface area contributed by atoms with Gasteiger partial charge < -0.3 is 4.74 Å². The summed E-state index contributed by atoms with van der Waals surface area (Å²) in [5, 5.41) is 0. The second-order valence-corrected chi connectivity index (χ2v) is 2.93. The second-order valence-electron chi connectivity index (χ2n) is 2.93. The van der Waals surface area contributed by atoms with E-state index in [1.165, 1.54) is 5.56 Å². The molecule has 0 aliphatic rings. The van der Waals surface area contributed by atoms with Crippen molar-refractivity contribution >= 4 is 0 Å². The van der Waals surface area contributed by atoms with Crippen LogP contribution in [0.25, 0.3) is 0 Å². The minimum atomic E-state index is 0. The predicted octanol–water partition coefficient (Wildman–Crippen LogP) is 2.97. The SMILES string of the molecule is COc1cccc(C(C)C)c1.F. The molecule has 0 aliphatic carbocycles. The average Bonchev–Trinajstić information content (AvgIpc) is 2.05. The first kappa shape index (κ1) is 11.0. The van der Waals surface area contributed by atoms with Crippen molar-refractivity contribution in [1.82, 2.24) is 0 Å². The molecule has 0 heterocycles. The van der Waals surface area contributed by atoms with Gasteiger partial charge in [-0.05, 0) is 23.6 Å². The maximum absolute atomic E-state index is 5.11. The van der Waals surface area contributed by atoms with Crippen LogP contribution in [0.5, 0.6) is 5.75 Å². The molecule has 0 radical (unpaired) electrons. The van der Waals surface area contributed by atoms with Crippen molar-refractivity contribution in [3.05, 3.63) is 29.8 Å². The number of halogens is 1. The maximum Gasteiger partial charge on any atom is 0.119 e. The largest absolute Gasteiger partial charge is 0.497 e. The monoisotopic (exact) mass is 170 g/mol. The van der Waals surface area contributed by atoms with E-state index in [1.54, 1.807) is 7.11 Å². The highest BCUT2D eigenvalue weighted by Crippen LogP contribution is 2.19. The van der Waals surface area contributed by atoms with Gasteiger partial charge in [-0.25, -0.2) is 0 Å². The lowest BCUT2D eigenvalue weighted by Crippen LogP contribution is -1.88. The second kappa shape index (κ2) is 4.75. The normalized spacial score (nSPS) is 9.33. The lowest BCUT2D eigenvalue weighted by Gasteiger charge is -2.06. The topological polar surface area (TPSA) is 9.23 Å². The minimum absolute atomic E-state index is 0. The lowest BCUT2D eigenvalue weighted by molar-refractivity contribution is 0.414. The Morgan fingerprint density at radius 2 is 1.92 bits per heavy atom. The molecule has 1 nitrogen and oxygen atoms in total. The van der Waals surface area contributed by atoms with Crippen LogP contribution >= 0.6 is 0 Å². The first-order chi connectivity index (χ1) is 5.24. The van der Waals surface area contributed by atoms with Gasteiger partial charge in [-0.15, -0.1) is 0 Å². The third-order valence-electron chi connectivity index (χ3n) is 1.76. The summed E-state index contributed by atoms with van der Waals surface area (Å²) >= 11 is 0. The van der Waals surface area contributed by atoms with Gasteiger partial charge in [0.05, 0.1) is 7.11 Å². The third-order valence-corrected chi connectivity index (χ3v) is 1.76. The van der Waals surface area contributed by atoms with E-state index in [0.29, 0.717) is 5.92 Å². The smallest absolute Gasteiger partial charge is 0.119 e. The summed E-state index contributed by atoms with van der Waals surface area (Å²) in [6, 6.07) is 8.18. The summed E-state index contributed by atoms with van der Waals surface area (Å²) in [5.41, 5.74) is 1.32. The molecule has 1 aromatic carbocycles. The lowest BCUT2D eigenvalue weighted by atomic mass is 10.0. The Morgan fingerprint density at radius 3 is 2.42 bits per heavy atom. The fourth-order valence-corrected chi connectivity index (χ4v) is 1.00. The molecule has 12 heavy (non-hydrogen) atoms. The first-order valence-electron chi connectivity index (χ1n) is 3.88. The standard InChI is InChI=1S/C10H14O.FH/c1-8(2)9-5-4-6-10(7-9)11-3;/h4-8H,1-3H3;1H. The Labute approximate surface area is 72.7 Å². The molecule has 0 bridgehead atoms. The Kier molecular flexibility index (Phi) is 4.34. The van der Waals surface area contributed by atoms with Crippen LogP contribution in [0.3, 0.4) is 0 Å². The summed E-state index contributed by atoms with van der Waals surface area (Å²) < 4.78 is 5.11. The Bertz CT molecular complexity index is 233. The highest BCUT2D eigenvalue weighted by Gasteiger charge is 1.98. The van der Waals surface area contributed by atoms with Crippen molar-refractivity contribution in [3.63, 3.8) is 0 Å². The molecule has 0 aliphatic heterocycles. The number of benzene rings is 1. The third kappa shape index (κ3) is 2.53. The Balaban J connectivity index is 0.00000121. The van der Waals surface area contributed by atoms with Gasteiger partial charge in [0, 0.05) is 0 Å². The van der Waals surface area contributed by atoms with Crippen LogP contribution in [0.4, 0.5) is 4.70 Å². The number of hydrogen-bond acceptors (Lipinski definition) is 1. The van der Waals surface area contributed by atoms with Crippen molar-refractivity contribution in [2.45, 2.75) is 19.8 Å². The van der Waals surface area contributed by atoms with E-state index in [0.717, 1.165) is 5.75 Å². The fourth-order valence-electron chi connectivity index (χ4n) is 1.00. The molecule has 0 unspecified atom stereocenters. The summed E-state index contributed by atoms with van der Waals surface area (Å²) in [6.07, 6.45) is 0. The molecule has 0 aromatic heterocycles. The molecule has 0 spiro atoms. The maximum atomic E-state index is 5.11.